The molecule has 166 valence electrons. The monoisotopic (exact) mass is 424 g/mol. The Morgan fingerprint density at radius 1 is 1.13 bits per heavy atom. The van der Waals surface area contributed by atoms with E-state index >= 15 is 0 Å². The lowest BCUT2D eigenvalue weighted by Gasteiger charge is -2.28. The average Bonchev–Trinajstić information content (AvgIpc) is 3.25. The maximum atomic E-state index is 13.0. The third-order valence-electron chi connectivity index (χ3n) is 6.12. The first-order valence-electron chi connectivity index (χ1n) is 11.1. The molecule has 4 rings (SSSR count). The van der Waals surface area contributed by atoms with Crippen molar-refractivity contribution in [3.8, 4) is 17.2 Å². The number of ether oxygens (including phenoxy) is 3. The van der Waals surface area contributed by atoms with Gasteiger partial charge in [-0.1, -0.05) is 32.0 Å². The molecule has 0 aromatic heterocycles. The summed E-state index contributed by atoms with van der Waals surface area (Å²) in [5.41, 5.74) is 2.28. The number of nitrogens with zero attached hydrogens (tertiary/aromatic N) is 1. The Hall–Kier alpha value is -2.73. The molecule has 0 saturated carbocycles. The molecule has 0 bridgehead atoms. The van der Waals surface area contributed by atoms with Gasteiger partial charge in [-0.3, -0.25) is 9.69 Å². The molecule has 1 N–H and O–H groups in total. The van der Waals surface area contributed by atoms with Crippen LogP contribution in [0.3, 0.4) is 0 Å². The van der Waals surface area contributed by atoms with Crippen LogP contribution in [0.1, 0.15) is 49.9 Å². The number of benzene rings is 2. The summed E-state index contributed by atoms with van der Waals surface area (Å²) in [5, 5.41) is 3.25. The van der Waals surface area contributed by atoms with Crippen LogP contribution >= 0.6 is 0 Å². The van der Waals surface area contributed by atoms with Crippen LogP contribution in [0.4, 0.5) is 0 Å². The Balaban J connectivity index is 1.42. The number of methoxy groups -OCH3 is 1. The van der Waals surface area contributed by atoms with Crippen molar-refractivity contribution >= 4 is 5.91 Å². The van der Waals surface area contributed by atoms with Crippen molar-refractivity contribution in [3.63, 3.8) is 0 Å². The molecule has 31 heavy (non-hydrogen) atoms. The SMILES string of the molecule is COc1ccc([C@@H](NC(=O)CN2CCC[C@@H]2c2ccc3c(c2)OCCO3)C(C)C)cc1. The van der Waals surface area contributed by atoms with E-state index in [1.807, 2.05) is 30.3 Å². The van der Waals surface area contributed by atoms with Crippen molar-refractivity contribution in [1.82, 2.24) is 10.2 Å². The molecule has 0 radical (unpaired) electrons. The Kier molecular flexibility index (Phi) is 6.66. The van der Waals surface area contributed by atoms with E-state index < -0.39 is 0 Å². The van der Waals surface area contributed by atoms with Gasteiger partial charge >= 0.3 is 0 Å². The van der Waals surface area contributed by atoms with Gasteiger partial charge in [-0.2, -0.15) is 0 Å². The van der Waals surface area contributed by atoms with Gasteiger partial charge in [0.05, 0.1) is 19.7 Å². The molecule has 6 nitrogen and oxygen atoms in total. The van der Waals surface area contributed by atoms with E-state index in [0.717, 1.165) is 42.2 Å². The molecule has 2 atom stereocenters. The summed E-state index contributed by atoms with van der Waals surface area (Å²) in [6.45, 7) is 6.73. The summed E-state index contributed by atoms with van der Waals surface area (Å²) in [6, 6.07) is 14.3. The molecule has 0 aliphatic carbocycles. The van der Waals surface area contributed by atoms with Gasteiger partial charge in [-0.15, -0.1) is 0 Å². The van der Waals surface area contributed by atoms with Gasteiger partial charge in [0.15, 0.2) is 11.5 Å². The summed E-state index contributed by atoms with van der Waals surface area (Å²) >= 11 is 0. The van der Waals surface area contributed by atoms with Gasteiger partial charge in [0.25, 0.3) is 0 Å². The molecule has 1 saturated heterocycles. The maximum Gasteiger partial charge on any atom is 0.234 e. The molecule has 6 heteroatoms. The maximum absolute atomic E-state index is 13.0. The van der Waals surface area contributed by atoms with Gasteiger partial charge < -0.3 is 19.5 Å². The molecule has 2 aromatic rings. The van der Waals surface area contributed by atoms with E-state index in [-0.39, 0.29) is 23.9 Å². The quantitative estimate of drug-likeness (QED) is 0.725. The minimum absolute atomic E-state index is 0.0336. The zero-order valence-corrected chi connectivity index (χ0v) is 18.6. The molecule has 2 aromatic carbocycles. The lowest BCUT2D eigenvalue weighted by Crippen LogP contribution is -2.40. The van der Waals surface area contributed by atoms with Gasteiger partial charge in [-0.05, 0) is 60.7 Å². The molecule has 1 fully saturated rings. The zero-order chi connectivity index (χ0) is 21.8. The number of amides is 1. The van der Waals surface area contributed by atoms with E-state index in [1.54, 1.807) is 7.11 Å². The molecular formula is C25H32N2O4. The fourth-order valence-corrected chi connectivity index (χ4v) is 4.51. The van der Waals surface area contributed by atoms with Crippen molar-refractivity contribution in [2.45, 2.75) is 38.8 Å². The van der Waals surface area contributed by atoms with Crippen LogP contribution in [0, 0.1) is 5.92 Å². The van der Waals surface area contributed by atoms with Crippen LogP contribution < -0.4 is 19.5 Å². The molecule has 2 heterocycles. The average molecular weight is 425 g/mol. The topological polar surface area (TPSA) is 60.0 Å². The molecular weight excluding hydrogens is 392 g/mol. The number of nitrogens with one attached hydrogen (secondary N) is 1. The fraction of sp³-hybridized carbons (Fsp3) is 0.480. The van der Waals surface area contributed by atoms with Crippen molar-refractivity contribution in [1.29, 1.82) is 0 Å². The second-order valence-corrected chi connectivity index (χ2v) is 8.59. The summed E-state index contributed by atoms with van der Waals surface area (Å²) in [5.74, 6) is 2.76. The number of carbonyl (C=O) groups excluding carboxylic acids is 1. The van der Waals surface area contributed by atoms with Crippen LogP contribution in [-0.2, 0) is 4.79 Å². The summed E-state index contributed by atoms with van der Waals surface area (Å²) in [4.78, 5) is 15.3. The minimum Gasteiger partial charge on any atom is -0.497 e. The van der Waals surface area contributed by atoms with Crippen LogP contribution in [0.5, 0.6) is 17.2 Å². The molecule has 1 amide bonds. The first-order valence-corrected chi connectivity index (χ1v) is 11.1. The third-order valence-corrected chi connectivity index (χ3v) is 6.12. The van der Waals surface area contributed by atoms with Gasteiger partial charge in [0.2, 0.25) is 5.91 Å². The van der Waals surface area contributed by atoms with E-state index in [9.17, 15) is 4.79 Å². The number of hydrogen-bond donors (Lipinski definition) is 1. The van der Waals surface area contributed by atoms with E-state index in [4.69, 9.17) is 14.2 Å². The smallest absolute Gasteiger partial charge is 0.234 e. The summed E-state index contributed by atoms with van der Waals surface area (Å²) in [6.07, 6.45) is 2.12. The van der Waals surface area contributed by atoms with Crippen molar-refractivity contribution in [2.75, 3.05) is 33.4 Å². The second-order valence-electron chi connectivity index (χ2n) is 8.59. The van der Waals surface area contributed by atoms with E-state index in [2.05, 4.69) is 36.2 Å². The predicted octanol–water partition coefficient (Wildman–Crippen LogP) is 4.12. The van der Waals surface area contributed by atoms with Gasteiger partial charge in [0.1, 0.15) is 19.0 Å². The first kappa shape index (κ1) is 21.5. The Bertz CT molecular complexity index is 897. The van der Waals surface area contributed by atoms with Crippen molar-refractivity contribution < 1.29 is 19.0 Å². The highest BCUT2D eigenvalue weighted by Crippen LogP contribution is 2.38. The molecule has 2 aliphatic heterocycles. The number of carbonyl (C=O) groups is 1. The highest BCUT2D eigenvalue weighted by atomic mass is 16.6. The largest absolute Gasteiger partial charge is 0.497 e. The van der Waals surface area contributed by atoms with Crippen molar-refractivity contribution in [2.24, 2.45) is 5.92 Å². The van der Waals surface area contributed by atoms with Crippen LogP contribution in [0.15, 0.2) is 42.5 Å². The minimum atomic E-state index is -0.0336. The van der Waals surface area contributed by atoms with Crippen LogP contribution in [-0.4, -0.2) is 44.2 Å². The standard InChI is InChI=1S/C25H32N2O4/c1-17(2)25(18-6-9-20(29-3)10-7-18)26-24(28)16-27-12-4-5-21(27)19-8-11-22-23(15-19)31-14-13-30-22/h6-11,15,17,21,25H,4-5,12-14,16H2,1-3H3,(H,26,28)/t21-,25+/m1/s1. The van der Waals surface area contributed by atoms with E-state index in [1.165, 1.54) is 5.56 Å². The Labute approximate surface area is 184 Å². The summed E-state index contributed by atoms with van der Waals surface area (Å²) in [7, 11) is 1.66. The van der Waals surface area contributed by atoms with Gasteiger partial charge in [-0.25, -0.2) is 0 Å². The zero-order valence-electron chi connectivity index (χ0n) is 18.6. The highest BCUT2D eigenvalue weighted by Gasteiger charge is 2.29. The number of rotatable bonds is 7. The fourth-order valence-electron chi connectivity index (χ4n) is 4.51. The predicted molar refractivity (Wildman–Crippen MR) is 120 cm³/mol. The third kappa shape index (κ3) is 4.96. The normalized spacial score (nSPS) is 19.3. The number of likely N-dealkylation sites (tertiary alicyclic amines) is 1. The molecule has 0 unspecified atom stereocenters. The first-order chi connectivity index (χ1) is 15.0. The molecule has 0 spiro atoms. The van der Waals surface area contributed by atoms with Crippen molar-refractivity contribution in [3.05, 3.63) is 53.6 Å². The van der Waals surface area contributed by atoms with E-state index in [0.29, 0.717) is 19.8 Å². The summed E-state index contributed by atoms with van der Waals surface area (Å²) < 4.78 is 16.7. The van der Waals surface area contributed by atoms with Gasteiger partial charge in [0, 0.05) is 6.04 Å². The highest BCUT2D eigenvalue weighted by molar-refractivity contribution is 5.78. The molecule has 2 aliphatic rings. The second kappa shape index (κ2) is 9.60. The van der Waals surface area contributed by atoms with Crippen LogP contribution in [0.25, 0.3) is 0 Å². The number of fused-ring (bicyclic) bond motifs is 1. The van der Waals surface area contributed by atoms with Crippen LogP contribution in [0.2, 0.25) is 0 Å². The lowest BCUT2D eigenvalue weighted by molar-refractivity contribution is -0.123. The Morgan fingerprint density at radius 3 is 2.58 bits per heavy atom. The number of hydrogen-bond acceptors (Lipinski definition) is 5. The lowest BCUT2D eigenvalue weighted by atomic mass is 9.96. The Morgan fingerprint density at radius 2 is 1.87 bits per heavy atom.